The molecular formula is C2H8O9P3+. The zero-order valence-electron chi connectivity index (χ0n) is 6.71. The average Bonchev–Trinajstić information content (AvgIpc) is 1.80. The van der Waals surface area contributed by atoms with E-state index in [1.807, 2.05) is 0 Å². The van der Waals surface area contributed by atoms with Gasteiger partial charge in [0.2, 0.25) is 0 Å². The lowest BCUT2D eigenvalue weighted by molar-refractivity contribution is 0.148. The molecule has 12 heteroatoms. The molecule has 0 radical (unpaired) electrons. The molecular weight excluding hydrogens is 261 g/mol. The quantitative estimate of drug-likeness (QED) is 0.430. The Hall–Kier alpha value is 0.320. The molecule has 3 unspecified atom stereocenters. The zero-order chi connectivity index (χ0) is 11.8. The van der Waals surface area contributed by atoms with Crippen molar-refractivity contribution in [1.82, 2.24) is 0 Å². The Kier molecular flexibility index (Phi) is 4.15. The summed E-state index contributed by atoms with van der Waals surface area (Å²) in [6.07, 6.45) is 0. The van der Waals surface area contributed by atoms with E-state index in [1.165, 1.54) is 0 Å². The molecule has 0 heterocycles. The Labute approximate surface area is 79.0 Å². The fourth-order valence-electron chi connectivity index (χ4n) is 0.337. The van der Waals surface area contributed by atoms with Crippen LogP contribution in [0.15, 0.2) is 0 Å². The molecule has 0 aromatic rings. The molecule has 5 N–H and O–H groups in total. The summed E-state index contributed by atoms with van der Waals surface area (Å²) in [5, 5.41) is 5.56. The van der Waals surface area contributed by atoms with Crippen LogP contribution in [0, 0.1) is 0 Å². The molecule has 0 aliphatic carbocycles. The molecule has 84 valence electrons. The first-order chi connectivity index (χ1) is 5.92. The van der Waals surface area contributed by atoms with Crippen molar-refractivity contribution in [2.75, 3.05) is 0 Å². The van der Waals surface area contributed by atoms with Crippen LogP contribution in [0.3, 0.4) is 0 Å². The molecule has 0 aliphatic rings. The molecule has 0 bridgehead atoms. The molecule has 3 atom stereocenters. The van der Waals surface area contributed by atoms with E-state index in [-0.39, 0.29) is 0 Å². The predicted octanol–water partition coefficient (Wildman–Crippen LogP) is -0.318. The average molecular weight is 269 g/mol. The largest absolute Gasteiger partial charge is 0.703 e. The number of rotatable bonds is 4. The number of aliphatic hydroxyl groups is 1. The lowest BCUT2D eigenvalue weighted by Gasteiger charge is -2.24. The Morgan fingerprint density at radius 2 is 1.64 bits per heavy atom. The Morgan fingerprint density at radius 1 is 1.29 bits per heavy atom. The van der Waals surface area contributed by atoms with Crippen LogP contribution in [0.1, 0.15) is 6.92 Å². The Balaban J connectivity index is 5.19. The van der Waals surface area contributed by atoms with Crippen molar-refractivity contribution in [3.8, 4) is 0 Å². The van der Waals surface area contributed by atoms with Gasteiger partial charge in [-0.1, -0.05) is 0 Å². The van der Waals surface area contributed by atoms with E-state index < -0.39 is 28.5 Å². The second-order valence-corrected chi connectivity index (χ2v) is 7.71. The van der Waals surface area contributed by atoms with Crippen LogP contribution in [-0.2, 0) is 18.0 Å². The molecule has 0 spiro atoms. The normalized spacial score (nSPS) is 22.3. The van der Waals surface area contributed by atoms with Crippen LogP contribution in [-0.4, -0.2) is 29.8 Å². The van der Waals surface area contributed by atoms with Gasteiger partial charge in [0.1, 0.15) is 0 Å². The van der Waals surface area contributed by atoms with Gasteiger partial charge in [0.05, 0.1) is 0 Å². The van der Waals surface area contributed by atoms with Crippen molar-refractivity contribution in [1.29, 1.82) is 0 Å². The van der Waals surface area contributed by atoms with Gasteiger partial charge in [-0.25, -0.2) is 0 Å². The first kappa shape index (κ1) is 14.3. The van der Waals surface area contributed by atoms with Gasteiger partial charge in [-0.2, -0.15) is 0 Å². The van der Waals surface area contributed by atoms with Gasteiger partial charge in [0.15, 0.2) is 0 Å². The van der Waals surface area contributed by atoms with Gasteiger partial charge in [-0.05, 0) is 11.2 Å². The van der Waals surface area contributed by atoms with E-state index >= 15 is 0 Å². The Morgan fingerprint density at radius 3 is 1.86 bits per heavy atom. The predicted molar refractivity (Wildman–Crippen MR) is 43.4 cm³/mol. The maximum atomic E-state index is 10.9. The smallest absolute Gasteiger partial charge is 0.368 e. The highest BCUT2D eigenvalue weighted by molar-refractivity contribution is 7.74. The molecule has 9 nitrogen and oxygen atoms in total. The summed E-state index contributed by atoms with van der Waals surface area (Å²) in [4.78, 5) is 33.8. The summed E-state index contributed by atoms with van der Waals surface area (Å²) in [7, 11) is -14.2. The summed E-state index contributed by atoms with van der Waals surface area (Å²) in [6, 6.07) is 0. The third-order valence-electron chi connectivity index (χ3n) is 1.27. The standard InChI is InChI=1S/C2H7O9P3/c1-2(3,13(6,7)8)14(9,10)11-12(4)5/h3H,1H3,(H3-,4,5,6,7,8,9,10)/p+1. The van der Waals surface area contributed by atoms with Gasteiger partial charge < -0.3 is 19.8 Å². The van der Waals surface area contributed by atoms with E-state index in [9.17, 15) is 13.7 Å². The Bertz CT molecular complexity index is 325. The van der Waals surface area contributed by atoms with E-state index in [0.717, 1.165) is 0 Å². The van der Waals surface area contributed by atoms with Crippen molar-refractivity contribution < 1.29 is 42.7 Å². The topological polar surface area (TPSA) is 162 Å². The maximum Gasteiger partial charge on any atom is 0.703 e. The summed E-state index contributed by atoms with van der Waals surface area (Å²) in [5.41, 5.74) is 0. The van der Waals surface area contributed by atoms with E-state index in [4.69, 9.17) is 24.7 Å². The summed E-state index contributed by atoms with van der Waals surface area (Å²) < 4.78 is 35.0. The first-order valence-corrected chi connectivity index (χ1v) is 7.20. The van der Waals surface area contributed by atoms with Gasteiger partial charge in [-0.15, -0.1) is 4.89 Å². The van der Waals surface area contributed by atoms with Crippen molar-refractivity contribution in [3.63, 3.8) is 0 Å². The number of hydrogen-bond acceptors (Lipinski definition) is 5. The molecule has 0 saturated heterocycles. The van der Waals surface area contributed by atoms with Crippen molar-refractivity contribution in [2.45, 2.75) is 12.0 Å². The zero-order valence-corrected chi connectivity index (χ0v) is 9.39. The maximum absolute atomic E-state index is 10.9. The van der Waals surface area contributed by atoms with E-state index in [2.05, 4.69) is 4.31 Å². The fraction of sp³-hybridized carbons (Fsp3) is 1.00. The van der Waals surface area contributed by atoms with E-state index in [1.54, 1.807) is 0 Å². The van der Waals surface area contributed by atoms with Crippen molar-refractivity contribution in [3.05, 3.63) is 0 Å². The summed E-state index contributed by atoms with van der Waals surface area (Å²) >= 11 is 0. The molecule has 0 saturated carbocycles. The van der Waals surface area contributed by atoms with Crippen LogP contribution in [0.2, 0.25) is 0 Å². The van der Waals surface area contributed by atoms with Crippen LogP contribution < -0.4 is 0 Å². The van der Waals surface area contributed by atoms with Crippen LogP contribution in [0.5, 0.6) is 0 Å². The molecule has 0 aliphatic heterocycles. The molecule has 0 fully saturated rings. The minimum Gasteiger partial charge on any atom is -0.368 e. The van der Waals surface area contributed by atoms with Gasteiger partial charge >= 0.3 is 23.4 Å². The molecule has 0 rings (SSSR count). The van der Waals surface area contributed by atoms with Crippen LogP contribution in [0.4, 0.5) is 0 Å². The van der Waals surface area contributed by atoms with Crippen molar-refractivity contribution >= 4 is 23.4 Å². The number of hydrogen-bond donors (Lipinski definition) is 5. The highest BCUT2D eigenvalue weighted by Gasteiger charge is 2.61. The van der Waals surface area contributed by atoms with Crippen LogP contribution in [0.25, 0.3) is 0 Å². The lowest BCUT2D eigenvalue weighted by atomic mass is 10.9. The summed E-state index contributed by atoms with van der Waals surface area (Å²) in [5.74, 6) is 0. The second kappa shape index (κ2) is 4.06. The van der Waals surface area contributed by atoms with Gasteiger partial charge in [0, 0.05) is 4.57 Å². The minimum atomic E-state index is -5.37. The summed E-state index contributed by atoms with van der Waals surface area (Å²) in [6.45, 7) is 0.327. The monoisotopic (exact) mass is 269 g/mol. The SMILES string of the molecule is CC(O)(P(=O)(O)O)P(=O)(O)O[P+](=O)O. The van der Waals surface area contributed by atoms with Gasteiger partial charge in [0.25, 0.3) is 5.08 Å². The van der Waals surface area contributed by atoms with E-state index in [0.29, 0.717) is 6.92 Å². The lowest BCUT2D eigenvalue weighted by Crippen LogP contribution is -2.24. The fourth-order valence-corrected chi connectivity index (χ4v) is 3.36. The molecule has 0 amide bonds. The minimum absolute atomic E-state index is 0.327. The third kappa shape index (κ3) is 2.90. The van der Waals surface area contributed by atoms with Crippen LogP contribution >= 0.6 is 23.4 Å². The molecule has 0 aromatic carbocycles. The third-order valence-corrected chi connectivity index (χ3v) is 6.43. The second-order valence-electron chi connectivity index (χ2n) is 2.35. The first-order valence-electron chi connectivity index (χ1n) is 2.88. The highest BCUT2D eigenvalue weighted by Crippen LogP contribution is 2.71. The molecule has 0 aromatic heterocycles. The van der Waals surface area contributed by atoms with Crippen molar-refractivity contribution in [2.24, 2.45) is 0 Å². The highest BCUT2D eigenvalue weighted by atomic mass is 31.3. The van der Waals surface area contributed by atoms with Gasteiger partial charge in [-0.3, -0.25) is 9.13 Å². The molecule has 14 heavy (non-hydrogen) atoms.